The van der Waals surface area contributed by atoms with E-state index in [2.05, 4.69) is 10.6 Å². The highest BCUT2D eigenvalue weighted by atomic mass is 16.5. The summed E-state index contributed by atoms with van der Waals surface area (Å²) in [6.07, 6.45) is 0. The molecule has 8 heteroatoms. The smallest absolute Gasteiger partial charge is 0.342 e. The highest BCUT2D eigenvalue weighted by Crippen LogP contribution is 2.25. The van der Waals surface area contributed by atoms with Gasteiger partial charge in [-0.2, -0.15) is 0 Å². The van der Waals surface area contributed by atoms with Crippen molar-refractivity contribution in [1.82, 2.24) is 5.32 Å². The van der Waals surface area contributed by atoms with E-state index in [9.17, 15) is 14.4 Å². The zero-order valence-electron chi connectivity index (χ0n) is 17.8. The van der Waals surface area contributed by atoms with Crippen LogP contribution in [-0.4, -0.2) is 45.2 Å². The van der Waals surface area contributed by atoms with Crippen LogP contribution in [0.5, 0.6) is 11.5 Å². The van der Waals surface area contributed by atoms with E-state index in [4.69, 9.17) is 14.2 Å². The molecule has 0 aliphatic rings. The number of hydrogen-bond acceptors (Lipinski definition) is 6. The molecular formula is C22H26N2O6. The van der Waals surface area contributed by atoms with Crippen molar-refractivity contribution < 1.29 is 28.6 Å². The lowest BCUT2D eigenvalue weighted by Crippen LogP contribution is -2.35. The first-order valence-corrected chi connectivity index (χ1v) is 9.28. The maximum absolute atomic E-state index is 12.2. The first-order chi connectivity index (χ1) is 14.2. The van der Waals surface area contributed by atoms with Gasteiger partial charge in [-0.3, -0.25) is 9.59 Å². The molecule has 0 bridgehead atoms. The van der Waals surface area contributed by atoms with Crippen LogP contribution in [0, 0.1) is 20.8 Å². The molecule has 2 rings (SSSR count). The van der Waals surface area contributed by atoms with E-state index in [1.807, 2.05) is 32.9 Å². The van der Waals surface area contributed by atoms with Crippen molar-refractivity contribution in [3.8, 4) is 11.5 Å². The summed E-state index contributed by atoms with van der Waals surface area (Å²) in [5.41, 5.74) is 3.86. The van der Waals surface area contributed by atoms with E-state index in [1.165, 1.54) is 26.4 Å². The Morgan fingerprint density at radius 1 is 0.900 bits per heavy atom. The summed E-state index contributed by atoms with van der Waals surface area (Å²) >= 11 is 0. The number of anilines is 1. The monoisotopic (exact) mass is 414 g/mol. The molecule has 0 aromatic heterocycles. The third-order valence-electron chi connectivity index (χ3n) is 4.35. The van der Waals surface area contributed by atoms with Gasteiger partial charge in [-0.15, -0.1) is 0 Å². The molecule has 0 spiro atoms. The maximum Gasteiger partial charge on any atom is 0.342 e. The third kappa shape index (κ3) is 5.97. The first-order valence-electron chi connectivity index (χ1n) is 9.28. The quantitative estimate of drug-likeness (QED) is 0.644. The van der Waals surface area contributed by atoms with Crippen LogP contribution in [0.1, 0.15) is 27.0 Å². The minimum absolute atomic E-state index is 0.161. The Bertz CT molecular complexity index is 932. The molecule has 2 N–H and O–H groups in total. The van der Waals surface area contributed by atoms with Crippen molar-refractivity contribution in [2.75, 3.05) is 32.7 Å². The fourth-order valence-corrected chi connectivity index (χ4v) is 2.97. The Morgan fingerprint density at radius 3 is 2.17 bits per heavy atom. The molecule has 30 heavy (non-hydrogen) atoms. The summed E-state index contributed by atoms with van der Waals surface area (Å²) in [6.45, 7) is 5.02. The van der Waals surface area contributed by atoms with Gasteiger partial charge in [0.1, 0.15) is 17.1 Å². The summed E-state index contributed by atoms with van der Waals surface area (Å²) in [4.78, 5) is 36.3. The lowest BCUT2D eigenvalue weighted by molar-refractivity contribution is -0.126. The second-order valence-electron chi connectivity index (χ2n) is 6.74. The van der Waals surface area contributed by atoms with E-state index < -0.39 is 18.5 Å². The van der Waals surface area contributed by atoms with Gasteiger partial charge in [0, 0.05) is 11.8 Å². The van der Waals surface area contributed by atoms with E-state index in [1.54, 1.807) is 6.07 Å². The zero-order chi connectivity index (χ0) is 22.3. The molecule has 2 amide bonds. The Kier molecular flexibility index (Phi) is 7.80. The largest absolute Gasteiger partial charge is 0.497 e. The van der Waals surface area contributed by atoms with Crippen LogP contribution in [0.25, 0.3) is 0 Å². The number of nitrogens with one attached hydrogen (secondary N) is 2. The van der Waals surface area contributed by atoms with Gasteiger partial charge in [0.15, 0.2) is 6.61 Å². The highest BCUT2D eigenvalue weighted by molar-refractivity contribution is 5.97. The minimum atomic E-state index is -0.722. The number of ether oxygens (including phenoxy) is 3. The maximum atomic E-state index is 12.2. The SMILES string of the molecule is COc1ccc(C(=O)OCC(=O)NCC(=O)Nc2c(C)cc(C)cc2C)c(OC)c1. The van der Waals surface area contributed by atoms with Crippen LogP contribution in [0.2, 0.25) is 0 Å². The fourth-order valence-electron chi connectivity index (χ4n) is 2.97. The predicted octanol–water partition coefficient (Wildman–Crippen LogP) is 2.54. The number of rotatable bonds is 8. The van der Waals surface area contributed by atoms with Crippen LogP contribution < -0.4 is 20.1 Å². The van der Waals surface area contributed by atoms with Crippen molar-refractivity contribution in [2.45, 2.75) is 20.8 Å². The number of hydrogen-bond donors (Lipinski definition) is 2. The Labute approximate surface area is 175 Å². The number of benzene rings is 2. The molecule has 0 saturated carbocycles. The molecule has 0 aliphatic carbocycles. The summed E-state index contributed by atoms with van der Waals surface area (Å²) < 4.78 is 15.2. The number of amides is 2. The van der Waals surface area contributed by atoms with Crippen LogP contribution >= 0.6 is 0 Å². The van der Waals surface area contributed by atoms with E-state index in [0.717, 1.165) is 22.4 Å². The van der Waals surface area contributed by atoms with Gasteiger partial charge in [0.05, 0.1) is 20.8 Å². The second-order valence-corrected chi connectivity index (χ2v) is 6.74. The molecule has 0 atom stereocenters. The summed E-state index contributed by atoms with van der Waals surface area (Å²) in [5, 5.41) is 5.22. The van der Waals surface area contributed by atoms with Gasteiger partial charge in [0.2, 0.25) is 5.91 Å². The number of carbonyl (C=O) groups excluding carboxylic acids is 3. The van der Waals surface area contributed by atoms with Gasteiger partial charge in [0.25, 0.3) is 5.91 Å². The molecular weight excluding hydrogens is 388 g/mol. The molecule has 2 aromatic rings. The van der Waals surface area contributed by atoms with Crippen molar-refractivity contribution in [3.63, 3.8) is 0 Å². The molecule has 0 fully saturated rings. The van der Waals surface area contributed by atoms with Gasteiger partial charge in [-0.1, -0.05) is 17.7 Å². The Morgan fingerprint density at radius 2 is 1.57 bits per heavy atom. The Balaban J connectivity index is 1.85. The molecule has 8 nitrogen and oxygen atoms in total. The third-order valence-corrected chi connectivity index (χ3v) is 4.35. The standard InChI is InChI=1S/C22H26N2O6/c1-13-8-14(2)21(15(3)9-13)24-19(25)11-23-20(26)12-30-22(27)17-7-6-16(28-4)10-18(17)29-5/h6-10H,11-12H2,1-5H3,(H,23,26)(H,24,25). The summed E-state index contributed by atoms with van der Waals surface area (Å²) in [7, 11) is 2.91. The normalized spacial score (nSPS) is 10.2. The van der Waals surface area contributed by atoms with Gasteiger partial charge >= 0.3 is 5.97 Å². The number of aryl methyl sites for hydroxylation is 3. The van der Waals surface area contributed by atoms with E-state index in [-0.39, 0.29) is 23.8 Å². The minimum Gasteiger partial charge on any atom is -0.497 e. The first kappa shape index (κ1) is 22.7. The van der Waals surface area contributed by atoms with Crippen LogP contribution in [0.15, 0.2) is 30.3 Å². The molecule has 160 valence electrons. The lowest BCUT2D eigenvalue weighted by atomic mass is 10.1. The van der Waals surface area contributed by atoms with Crippen LogP contribution in [-0.2, 0) is 14.3 Å². The molecule has 0 unspecified atom stereocenters. The van der Waals surface area contributed by atoms with Crippen LogP contribution in [0.4, 0.5) is 5.69 Å². The van der Waals surface area contributed by atoms with E-state index >= 15 is 0 Å². The van der Waals surface area contributed by atoms with Gasteiger partial charge < -0.3 is 24.8 Å². The zero-order valence-corrected chi connectivity index (χ0v) is 17.8. The molecule has 0 aliphatic heterocycles. The molecule has 2 aromatic carbocycles. The summed E-state index contributed by atoms with van der Waals surface area (Å²) in [6, 6.07) is 8.54. The average Bonchev–Trinajstić information content (AvgIpc) is 2.72. The van der Waals surface area contributed by atoms with Crippen molar-refractivity contribution in [1.29, 1.82) is 0 Å². The van der Waals surface area contributed by atoms with Crippen LogP contribution in [0.3, 0.4) is 0 Å². The lowest BCUT2D eigenvalue weighted by Gasteiger charge is -2.13. The second kappa shape index (κ2) is 10.3. The van der Waals surface area contributed by atoms with Gasteiger partial charge in [-0.05, 0) is 44.0 Å². The average molecular weight is 414 g/mol. The highest BCUT2D eigenvalue weighted by Gasteiger charge is 2.17. The van der Waals surface area contributed by atoms with Gasteiger partial charge in [-0.25, -0.2) is 4.79 Å². The van der Waals surface area contributed by atoms with E-state index in [0.29, 0.717) is 5.75 Å². The molecule has 0 radical (unpaired) electrons. The van der Waals surface area contributed by atoms with Crippen molar-refractivity contribution in [2.24, 2.45) is 0 Å². The number of methoxy groups -OCH3 is 2. The van der Waals surface area contributed by atoms with Crippen molar-refractivity contribution >= 4 is 23.5 Å². The molecule has 0 saturated heterocycles. The fraction of sp³-hybridized carbons (Fsp3) is 0.318. The number of carbonyl (C=O) groups is 3. The Hall–Kier alpha value is -3.55. The topological polar surface area (TPSA) is 103 Å². The molecule has 0 heterocycles. The summed E-state index contributed by atoms with van der Waals surface area (Å²) in [5.74, 6) is -0.904. The van der Waals surface area contributed by atoms with Crippen molar-refractivity contribution in [3.05, 3.63) is 52.6 Å². The predicted molar refractivity (Wildman–Crippen MR) is 112 cm³/mol. The number of esters is 1.